The minimum Gasteiger partial charge on any atom is -0.367 e. The fraction of sp³-hybridized carbons (Fsp3) is 0.545. The number of nitriles is 1. The number of sulfonamides is 1. The van der Waals surface area contributed by atoms with E-state index in [0.29, 0.717) is 33.6 Å². The first-order valence-electron chi connectivity index (χ1n) is 12.0. The van der Waals surface area contributed by atoms with Crippen molar-refractivity contribution in [3.8, 4) is 17.3 Å². The first-order valence-corrected chi connectivity index (χ1v) is 13.4. The van der Waals surface area contributed by atoms with Gasteiger partial charge in [-0.25, -0.2) is 18.4 Å². The molecule has 12 nitrogen and oxygen atoms in total. The van der Waals surface area contributed by atoms with Crippen molar-refractivity contribution >= 4 is 26.9 Å². The smallest absolute Gasteiger partial charge is 0.367 e. The lowest BCUT2D eigenvalue weighted by Crippen LogP contribution is -2.65. The Balaban J connectivity index is 1.45. The number of anilines is 1. The van der Waals surface area contributed by atoms with Crippen LogP contribution in [0.25, 0.3) is 22.3 Å². The van der Waals surface area contributed by atoms with Gasteiger partial charge in [-0.1, -0.05) is 0 Å². The summed E-state index contributed by atoms with van der Waals surface area (Å²) in [4.78, 5) is 16.2. The van der Waals surface area contributed by atoms with Gasteiger partial charge in [0.2, 0.25) is 0 Å². The van der Waals surface area contributed by atoms with Crippen molar-refractivity contribution < 1.29 is 21.6 Å². The topological polar surface area (TPSA) is 139 Å². The number of halogens is 3. The fourth-order valence-corrected chi connectivity index (χ4v) is 5.94. The maximum absolute atomic E-state index is 13.1. The van der Waals surface area contributed by atoms with Gasteiger partial charge in [0, 0.05) is 70.1 Å². The Hall–Kier alpha value is -3.26. The summed E-state index contributed by atoms with van der Waals surface area (Å²) < 4.78 is 64.9. The number of rotatable bonds is 8. The molecule has 38 heavy (non-hydrogen) atoms. The van der Waals surface area contributed by atoms with E-state index in [4.69, 9.17) is 0 Å². The fourth-order valence-electron chi connectivity index (χ4n) is 4.82. The van der Waals surface area contributed by atoms with E-state index in [1.165, 1.54) is 11.0 Å². The van der Waals surface area contributed by atoms with E-state index in [9.17, 15) is 26.9 Å². The summed E-state index contributed by atoms with van der Waals surface area (Å²) in [6, 6.07) is 3.79. The van der Waals surface area contributed by atoms with Crippen molar-refractivity contribution in [2.75, 3.05) is 64.7 Å². The third-order valence-corrected chi connectivity index (χ3v) is 8.63. The SMILES string of the molecule is CN1CCN(CCNc2nn(C3(CC#N)CN(S(=O)(=O)C(F)(F)F)C3)cc2-c2ncnc3[nH]ccc23)CC1. The number of nitrogens with zero attached hydrogens (tertiary/aromatic N) is 8. The van der Waals surface area contributed by atoms with Gasteiger partial charge in [-0.3, -0.25) is 9.58 Å². The molecule has 5 heterocycles. The van der Waals surface area contributed by atoms with Crippen LogP contribution in [0, 0.1) is 11.3 Å². The van der Waals surface area contributed by atoms with Crippen LogP contribution in [0.5, 0.6) is 0 Å². The number of hydrogen-bond acceptors (Lipinski definition) is 9. The number of likely N-dealkylation sites (N-methyl/N-ethyl adjacent to an activating group) is 1. The lowest BCUT2D eigenvalue weighted by Gasteiger charge is -2.47. The Morgan fingerprint density at radius 1 is 1.21 bits per heavy atom. The van der Waals surface area contributed by atoms with Crippen LogP contribution in [-0.2, 0) is 15.6 Å². The van der Waals surface area contributed by atoms with Gasteiger partial charge in [0.1, 0.15) is 17.5 Å². The molecular formula is C22H27F3N10O2S. The molecule has 5 rings (SSSR count). The number of aromatic nitrogens is 5. The van der Waals surface area contributed by atoms with Gasteiger partial charge in [0.25, 0.3) is 0 Å². The predicted molar refractivity (Wildman–Crippen MR) is 132 cm³/mol. The second kappa shape index (κ2) is 9.80. The summed E-state index contributed by atoms with van der Waals surface area (Å²) in [6.45, 7) is 4.08. The van der Waals surface area contributed by atoms with Gasteiger partial charge in [0.05, 0.1) is 23.7 Å². The number of aromatic amines is 1. The predicted octanol–water partition coefficient (Wildman–Crippen LogP) is 1.25. The van der Waals surface area contributed by atoms with Crippen LogP contribution in [-0.4, -0.2) is 112 Å². The molecule has 3 aromatic rings. The second-order valence-corrected chi connectivity index (χ2v) is 11.6. The summed E-state index contributed by atoms with van der Waals surface area (Å²) in [5, 5.41) is 18.1. The maximum atomic E-state index is 13.1. The van der Waals surface area contributed by atoms with Crippen LogP contribution in [0.1, 0.15) is 6.42 Å². The average molecular weight is 553 g/mol. The monoisotopic (exact) mass is 552 g/mol. The van der Waals surface area contributed by atoms with Gasteiger partial charge in [-0.15, -0.1) is 0 Å². The Labute approximate surface area is 217 Å². The van der Waals surface area contributed by atoms with Crippen molar-refractivity contribution in [1.29, 1.82) is 5.26 Å². The quantitative estimate of drug-likeness (QED) is 0.423. The summed E-state index contributed by atoms with van der Waals surface area (Å²) in [5.41, 5.74) is -4.94. The first-order chi connectivity index (χ1) is 18.0. The standard InChI is InChI=1S/C22H27F3N10O2S/c1-32-8-10-33(11-9-32)7-6-28-20-17(18-16-2-5-27-19(16)30-15-29-18)12-35(31-20)21(3-4-26)13-34(14-21)38(36,37)22(23,24)25/h2,5,12,15H,3,6-11,13-14H2,1H3,(H,28,31)(H,27,29,30). The van der Waals surface area contributed by atoms with Gasteiger partial charge < -0.3 is 15.2 Å². The molecule has 2 N–H and O–H groups in total. The minimum absolute atomic E-state index is 0.220. The van der Waals surface area contributed by atoms with Crippen LogP contribution >= 0.6 is 0 Å². The summed E-state index contributed by atoms with van der Waals surface area (Å²) in [5.74, 6) is 0.440. The van der Waals surface area contributed by atoms with E-state index in [1.54, 1.807) is 12.4 Å². The molecule has 0 spiro atoms. The molecule has 0 radical (unpaired) electrons. The molecule has 0 amide bonds. The molecule has 204 valence electrons. The molecule has 2 aliphatic rings. The maximum Gasteiger partial charge on any atom is 0.511 e. The van der Waals surface area contributed by atoms with Crippen LogP contribution in [0.15, 0.2) is 24.8 Å². The molecule has 16 heteroatoms. The van der Waals surface area contributed by atoms with Crippen molar-refractivity contribution in [2.24, 2.45) is 0 Å². The third kappa shape index (κ3) is 4.70. The van der Waals surface area contributed by atoms with Crippen molar-refractivity contribution in [2.45, 2.75) is 17.5 Å². The third-order valence-electron chi connectivity index (χ3n) is 7.11. The number of nitrogens with one attached hydrogen (secondary N) is 2. The molecule has 0 aliphatic carbocycles. The summed E-state index contributed by atoms with van der Waals surface area (Å²) in [7, 11) is -3.43. The molecule has 3 aromatic heterocycles. The van der Waals surface area contributed by atoms with E-state index in [2.05, 4.69) is 42.2 Å². The molecule has 0 unspecified atom stereocenters. The number of alkyl halides is 3. The second-order valence-electron chi connectivity index (χ2n) is 9.65. The Morgan fingerprint density at radius 2 is 1.95 bits per heavy atom. The highest BCUT2D eigenvalue weighted by atomic mass is 32.2. The summed E-state index contributed by atoms with van der Waals surface area (Å²) >= 11 is 0. The van der Waals surface area contributed by atoms with Crippen LogP contribution in [0.4, 0.5) is 19.0 Å². The van der Waals surface area contributed by atoms with Crippen LogP contribution in [0.3, 0.4) is 0 Å². The Bertz CT molecular complexity index is 1450. The van der Waals surface area contributed by atoms with E-state index in [1.807, 2.05) is 12.1 Å². The van der Waals surface area contributed by atoms with Gasteiger partial charge in [0.15, 0.2) is 5.82 Å². The Kier molecular flexibility index (Phi) is 6.80. The lowest BCUT2D eigenvalue weighted by atomic mass is 9.89. The molecule has 0 aromatic carbocycles. The van der Waals surface area contributed by atoms with E-state index in [0.717, 1.165) is 38.1 Å². The van der Waals surface area contributed by atoms with Gasteiger partial charge in [-0.2, -0.15) is 27.8 Å². The first kappa shape index (κ1) is 26.4. The molecule has 2 aliphatic heterocycles. The normalized spacial score (nSPS) is 19.3. The molecular weight excluding hydrogens is 525 g/mol. The number of hydrogen-bond donors (Lipinski definition) is 2. The number of H-pyrrole nitrogens is 1. The molecule has 0 atom stereocenters. The molecule has 0 saturated carbocycles. The number of fused-ring (bicyclic) bond motifs is 1. The highest BCUT2D eigenvalue weighted by Gasteiger charge is 2.59. The highest BCUT2D eigenvalue weighted by molar-refractivity contribution is 7.90. The van der Waals surface area contributed by atoms with Gasteiger partial charge in [-0.05, 0) is 13.1 Å². The Morgan fingerprint density at radius 3 is 2.63 bits per heavy atom. The zero-order valence-corrected chi connectivity index (χ0v) is 21.4. The van der Waals surface area contributed by atoms with E-state index in [-0.39, 0.29) is 6.42 Å². The molecule has 2 fully saturated rings. The lowest BCUT2D eigenvalue weighted by molar-refractivity contribution is -0.0565. The van der Waals surface area contributed by atoms with Crippen molar-refractivity contribution in [3.05, 3.63) is 24.8 Å². The zero-order valence-electron chi connectivity index (χ0n) is 20.6. The average Bonchev–Trinajstić information content (AvgIpc) is 3.49. The van der Waals surface area contributed by atoms with E-state index >= 15 is 0 Å². The summed E-state index contributed by atoms with van der Waals surface area (Å²) in [6.07, 6.45) is 4.51. The largest absolute Gasteiger partial charge is 0.511 e. The van der Waals surface area contributed by atoms with Crippen molar-refractivity contribution in [3.63, 3.8) is 0 Å². The van der Waals surface area contributed by atoms with E-state index < -0.39 is 34.2 Å². The minimum atomic E-state index is -5.51. The molecule has 2 saturated heterocycles. The van der Waals surface area contributed by atoms with Crippen LogP contribution < -0.4 is 5.32 Å². The van der Waals surface area contributed by atoms with Crippen LogP contribution in [0.2, 0.25) is 0 Å². The number of piperazine rings is 1. The molecule has 0 bridgehead atoms. The zero-order chi connectivity index (χ0) is 27.1. The van der Waals surface area contributed by atoms with Crippen molar-refractivity contribution in [1.82, 2.24) is 38.8 Å². The highest BCUT2D eigenvalue weighted by Crippen LogP contribution is 2.41. The van der Waals surface area contributed by atoms with Gasteiger partial charge >= 0.3 is 15.5 Å².